The van der Waals surface area contributed by atoms with Crippen LogP contribution in [0.4, 0.5) is 10.1 Å². The number of rotatable bonds is 9. The molecular weight excluding hydrogens is 502 g/mol. The van der Waals surface area contributed by atoms with Crippen molar-refractivity contribution in [2.24, 2.45) is 4.99 Å². The molecule has 29 heavy (non-hydrogen) atoms. The van der Waals surface area contributed by atoms with E-state index in [1.54, 1.807) is 12.1 Å². The van der Waals surface area contributed by atoms with Crippen LogP contribution in [0.5, 0.6) is 0 Å². The summed E-state index contributed by atoms with van der Waals surface area (Å²) in [5.74, 6) is 1.37. The molecule has 1 aromatic carbocycles. The Kier molecular flexibility index (Phi) is 12.8. The Morgan fingerprint density at radius 3 is 2.76 bits per heavy atom. The summed E-state index contributed by atoms with van der Waals surface area (Å²) in [6.45, 7) is 6.27. The van der Waals surface area contributed by atoms with Crippen molar-refractivity contribution in [1.29, 1.82) is 0 Å². The van der Waals surface area contributed by atoms with Gasteiger partial charge in [0.2, 0.25) is 0 Å². The van der Waals surface area contributed by atoms with Gasteiger partial charge in [0.25, 0.3) is 0 Å². The standard InChI is InChI=1S/C21H35FN4OS.HI/c1-4-23-21(25-17-10-8-11-18(16-17)28(27)5-2)24-14-9-15-26(3)20-13-7-6-12-19(20)22;/h6-7,12-13,17-18H,4-5,8-11,14-16H2,1-3H3,(H2,23,24,25);1H. The number of halogens is 2. The molecule has 3 atom stereocenters. The number of nitrogens with one attached hydrogen (secondary N) is 2. The lowest BCUT2D eigenvalue weighted by Gasteiger charge is -2.30. The van der Waals surface area contributed by atoms with Crippen LogP contribution >= 0.6 is 24.0 Å². The minimum Gasteiger partial charge on any atom is -0.372 e. The van der Waals surface area contributed by atoms with Crippen molar-refractivity contribution in [1.82, 2.24) is 10.6 Å². The topological polar surface area (TPSA) is 56.7 Å². The van der Waals surface area contributed by atoms with E-state index in [-0.39, 0.29) is 29.8 Å². The van der Waals surface area contributed by atoms with E-state index in [9.17, 15) is 8.60 Å². The van der Waals surface area contributed by atoms with Gasteiger partial charge in [0, 0.05) is 54.5 Å². The number of hydrogen-bond donors (Lipinski definition) is 2. The van der Waals surface area contributed by atoms with Crippen LogP contribution in [0.15, 0.2) is 29.3 Å². The van der Waals surface area contributed by atoms with Gasteiger partial charge in [0.15, 0.2) is 5.96 Å². The highest BCUT2D eigenvalue weighted by Gasteiger charge is 2.26. The van der Waals surface area contributed by atoms with E-state index in [1.165, 1.54) is 6.07 Å². The van der Waals surface area contributed by atoms with Gasteiger partial charge < -0.3 is 15.5 Å². The summed E-state index contributed by atoms with van der Waals surface area (Å²) in [4.78, 5) is 6.61. The van der Waals surface area contributed by atoms with Crippen LogP contribution in [-0.2, 0) is 10.8 Å². The molecule has 8 heteroatoms. The van der Waals surface area contributed by atoms with Gasteiger partial charge in [-0.2, -0.15) is 0 Å². The van der Waals surface area contributed by atoms with Crippen molar-refractivity contribution in [3.05, 3.63) is 30.1 Å². The summed E-state index contributed by atoms with van der Waals surface area (Å²) in [7, 11) is 1.18. The van der Waals surface area contributed by atoms with Crippen LogP contribution < -0.4 is 15.5 Å². The van der Waals surface area contributed by atoms with Crippen LogP contribution in [-0.4, -0.2) is 53.9 Å². The second-order valence-corrected chi connectivity index (χ2v) is 9.29. The molecule has 0 spiro atoms. The van der Waals surface area contributed by atoms with Crippen LogP contribution in [0.3, 0.4) is 0 Å². The average Bonchev–Trinajstić information content (AvgIpc) is 2.71. The molecule has 2 rings (SSSR count). The first-order chi connectivity index (χ1) is 13.5. The molecule has 1 aliphatic rings. The Labute approximate surface area is 194 Å². The highest BCUT2D eigenvalue weighted by Crippen LogP contribution is 2.23. The van der Waals surface area contributed by atoms with Gasteiger partial charge in [-0.05, 0) is 44.7 Å². The lowest BCUT2D eigenvalue weighted by Crippen LogP contribution is -2.46. The zero-order valence-electron chi connectivity index (χ0n) is 17.8. The maximum absolute atomic E-state index is 13.8. The third kappa shape index (κ3) is 8.78. The minimum atomic E-state index is -0.721. The monoisotopic (exact) mass is 538 g/mol. The van der Waals surface area contributed by atoms with Crippen molar-refractivity contribution >= 4 is 46.4 Å². The third-order valence-corrected chi connectivity index (χ3v) is 6.89. The number of nitrogens with zero attached hydrogens (tertiary/aromatic N) is 2. The van der Waals surface area contributed by atoms with Gasteiger partial charge in [-0.1, -0.05) is 25.5 Å². The van der Waals surface area contributed by atoms with Gasteiger partial charge in [-0.3, -0.25) is 9.20 Å². The molecule has 0 amide bonds. The zero-order chi connectivity index (χ0) is 20.4. The molecule has 0 aromatic heterocycles. The van der Waals surface area contributed by atoms with Gasteiger partial charge >= 0.3 is 0 Å². The molecule has 1 aliphatic carbocycles. The van der Waals surface area contributed by atoms with Crippen molar-refractivity contribution in [3.63, 3.8) is 0 Å². The molecule has 1 saturated carbocycles. The third-order valence-electron chi connectivity index (χ3n) is 5.15. The van der Waals surface area contributed by atoms with Crippen LogP contribution in [0.2, 0.25) is 0 Å². The fourth-order valence-electron chi connectivity index (χ4n) is 3.64. The summed E-state index contributed by atoms with van der Waals surface area (Å²) in [5.41, 5.74) is 0.619. The summed E-state index contributed by atoms with van der Waals surface area (Å²) >= 11 is 0. The Bertz CT molecular complexity index is 661. The molecule has 1 fully saturated rings. The van der Waals surface area contributed by atoms with E-state index in [0.717, 1.165) is 56.9 Å². The van der Waals surface area contributed by atoms with Crippen LogP contribution in [0.25, 0.3) is 0 Å². The number of para-hydroxylation sites is 1. The number of aliphatic imine (C=N–C) groups is 1. The lowest BCUT2D eigenvalue weighted by molar-refractivity contribution is 0.413. The normalized spacial score (nSPS) is 20.5. The summed E-state index contributed by atoms with van der Waals surface area (Å²) in [6, 6.07) is 7.16. The van der Waals surface area contributed by atoms with Gasteiger partial charge in [0.05, 0.1) is 5.69 Å². The summed E-state index contributed by atoms with van der Waals surface area (Å²) in [6.07, 6.45) is 5.06. The first kappa shape index (κ1) is 26.1. The van der Waals surface area contributed by atoms with Crippen molar-refractivity contribution < 1.29 is 8.60 Å². The molecular formula is C21H36FIN4OS. The fourth-order valence-corrected chi connectivity index (χ4v) is 4.99. The Morgan fingerprint density at radius 2 is 2.07 bits per heavy atom. The van der Waals surface area contributed by atoms with Crippen LogP contribution in [0, 0.1) is 5.82 Å². The first-order valence-corrected chi connectivity index (χ1v) is 11.8. The Morgan fingerprint density at radius 1 is 1.31 bits per heavy atom. The molecule has 3 unspecified atom stereocenters. The second-order valence-electron chi connectivity index (χ2n) is 7.29. The van der Waals surface area contributed by atoms with Crippen molar-refractivity contribution in [2.45, 2.75) is 57.2 Å². The SMILES string of the molecule is CCNC(=NCCCN(C)c1ccccc1F)NC1CCCC(S(=O)CC)C1.I. The predicted molar refractivity (Wildman–Crippen MR) is 134 cm³/mol. The van der Waals surface area contributed by atoms with E-state index < -0.39 is 10.8 Å². The van der Waals surface area contributed by atoms with Gasteiger partial charge in [-0.15, -0.1) is 24.0 Å². The number of anilines is 1. The summed E-state index contributed by atoms with van der Waals surface area (Å²) < 4.78 is 26.0. The van der Waals surface area contributed by atoms with E-state index in [4.69, 9.17) is 0 Å². The highest BCUT2D eigenvalue weighted by atomic mass is 127. The fraction of sp³-hybridized carbons (Fsp3) is 0.667. The quantitative estimate of drug-likeness (QED) is 0.217. The molecule has 2 N–H and O–H groups in total. The summed E-state index contributed by atoms with van der Waals surface area (Å²) in [5, 5.41) is 7.13. The van der Waals surface area contributed by atoms with Gasteiger partial charge in [-0.25, -0.2) is 4.39 Å². The molecule has 0 saturated heterocycles. The molecule has 1 aromatic rings. The number of hydrogen-bond acceptors (Lipinski definition) is 3. The van der Waals surface area contributed by atoms with Crippen molar-refractivity contribution in [3.8, 4) is 0 Å². The minimum absolute atomic E-state index is 0. The molecule has 0 radical (unpaired) electrons. The van der Waals surface area contributed by atoms with Crippen molar-refractivity contribution in [2.75, 3.05) is 37.3 Å². The molecule has 0 aliphatic heterocycles. The smallest absolute Gasteiger partial charge is 0.191 e. The Balaban J connectivity index is 0.00000420. The predicted octanol–water partition coefficient (Wildman–Crippen LogP) is 3.90. The molecule has 0 heterocycles. The zero-order valence-corrected chi connectivity index (χ0v) is 21.0. The maximum atomic E-state index is 13.8. The van der Waals surface area contributed by atoms with Crippen LogP contribution in [0.1, 0.15) is 46.0 Å². The van der Waals surface area contributed by atoms with E-state index in [1.807, 2.05) is 24.9 Å². The maximum Gasteiger partial charge on any atom is 0.191 e. The number of benzene rings is 1. The van der Waals surface area contributed by atoms with Gasteiger partial charge in [0.1, 0.15) is 5.82 Å². The van der Waals surface area contributed by atoms with E-state index in [0.29, 0.717) is 23.5 Å². The first-order valence-electron chi connectivity index (χ1n) is 10.4. The van der Waals surface area contributed by atoms with E-state index in [2.05, 4.69) is 22.5 Å². The number of guanidine groups is 1. The highest BCUT2D eigenvalue weighted by molar-refractivity contribution is 14.0. The molecule has 0 bridgehead atoms. The average molecular weight is 539 g/mol. The van der Waals surface area contributed by atoms with E-state index >= 15 is 0 Å². The second kappa shape index (κ2) is 14.2. The molecule has 5 nitrogen and oxygen atoms in total. The molecule has 166 valence electrons. The Hall–Kier alpha value is -0.900. The lowest BCUT2D eigenvalue weighted by atomic mass is 9.95. The largest absolute Gasteiger partial charge is 0.372 e.